The molecule has 4 nitrogen and oxygen atoms in total. The van der Waals surface area contributed by atoms with Crippen LogP contribution in [0.5, 0.6) is 0 Å². The molecule has 0 aliphatic carbocycles. The van der Waals surface area contributed by atoms with Crippen molar-refractivity contribution < 1.29 is 4.74 Å². The summed E-state index contributed by atoms with van der Waals surface area (Å²) in [6.07, 6.45) is 0. The van der Waals surface area contributed by atoms with Gasteiger partial charge in [-0.3, -0.25) is 9.36 Å². The Balaban J connectivity index is 2.02. The van der Waals surface area contributed by atoms with Gasteiger partial charge in [-0.05, 0) is 25.0 Å². The average Bonchev–Trinajstić information content (AvgIpc) is 2.88. The fourth-order valence-corrected chi connectivity index (χ4v) is 4.57. The molecule has 0 fully saturated rings. The van der Waals surface area contributed by atoms with Gasteiger partial charge in [-0.1, -0.05) is 42.1 Å². The van der Waals surface area contributed by atoms with Gasteiger partial charge in [0, 0.05) is 17.7 Å². The van der Waals surface area contributed by atoms with Crippen molar-refractivity contribution in [2.45, 2.75) is 31.3 Å². The molecular formula is C18H20N2O2S2. The van der Waals surface area contributed by atoms with Gasteiger partial charge in [-0.25, -0.2) is 4.98 Å². The van der Waals surface area contributed by atoms with Gasteiger partial charge in [-0.2, -0.15) is 0 Å². The molecule has 0 saturated heterocycles. The Kier molecular flexibility index (Phi) is 5.38. The van der Waals surface area contributed by atoms with Gasteiger partial charge < -0.3 is 4.74 Å². The topological polar surface area (TPSA) is 44.1 Å². The first kappa shape index (κ1) is 17.2. The van der Waals surface area contributed by atoms with Crippen molar-refractivity contribution in [3.63, 3.8) is 0 Å². The summed E-state index contributed by atoms with van der Waals surface area (Å²) in [5.74, 6) is 0.787. The van der Waals surface area contributed by atoms with Crippen LogP contribution < -0.4 is 5.56 Å². The summed E-state index contributed by atoms with van der Waals surface area (Å²) < 4.78 is 6.92. The Labute approximate surface area is 149 Å². The second kappa shape index (κ2) is 7.51. The molecule has 0 unspecified atom stereocenters. The summed E-state index contributed by atoms with van der Waals surface area (Å²) in [5.41, 5.74) is 2.29. The second-order valence-corrected chi connectivity index (χ2v) is 7.73. The summed E-state index contributed by atoms with van der Waals surface area (Å²) in [6, 6.07) is 10.2. The smallest absolute Gasteiger partial charge is 0.263 e. The standard InChI is InChI=1S/C18H20N2O2S2/c1-12-13(2)24-16-15(12)17(21)20(9-10-22-3)18(19-16)23-11-14-7-5-4-6-8-14/h4-8H,9-11H2,1-3H3. The molecule has 1 aromatic carbocycles. The third-order valence-corrected chi connectivity index (χ3v) is 6.13. The number of aryl methyl sites for hydroxylation is 2. The van der Waals surface area contributed by atoms with Crippen LogP contribution in [0.25, 0.3) is 10.2 Å². The molecule has 24 heavy (non-hydrogen) atoms. The molecule has 0 amide bonds. The Morgan fingerprint density at radius 2 is 2.00 bits per heavy atom. The van der Waals surface area contributed by atoms with Crippen molar-refractivity contribution in [1.82, 2.24) is 9.55 Å². The van der Waals surface area contributed by atoms with E-state index < -0.39 is 0 Å². The number of thioether (sulfide) groups is 1. The highest BCUT2D eigenvalue weighted by Gasteiger charge is 2.16. The van der Waals surface area contributed by atoms with Crippen molar-refractivity contribution in [3.05, 3.63) is 56.7 Å². The van der Waals surface area contributed by atoms with Gasteiger partial charge in [0.05, 0.1) is 18.5 Å². The molecule has 0 bridgehead atoms. The van der Waals surface area contributed by atoms with Crippen LogP contribution in [-0.4, -0.2) is 23.3 Å². The maximum Gasteiger partial charge on any atom is 0.263 e. The summed E-state index contributed by atoms with van der Waals surface area (Å²) in [6.45, 7) is 5.05. The van der Waals surface area contributed by atoms with Gasteiger partial charge in [0.25, 0.3) is 5.56 Å². The lowest BCUT2D eigenvalue weighted by Gasteiger charge is -2.11. The number of hydrogen-bond acceptors (Lipinski definition) is 5. The zero-order chi connectivity index (χ0) is 17.1. The Morgan fingerprint density at radius 3 is 2.71 bits per heavy atom. The molecule has 126 valence electrons. The first-order valence-electron chi connectivity index (χ1n) is 7.78. The van der Waals surface area contributed by atoms with Gasteiger partial charge in [0.15, 0.2) is 5.16 Å². The first-order valence-corrected chi connectivity index (χ1v) is 9.58. The zero-order valence-corrected chi connectivity index (χ0v) is 15.7. The van der Waals surface area contributed by atoms with Gasteiger partial charge >= 0.3 is 0 Å². The van der Waals surface area contributed by atoms with E-state index in [1.807, 2.05) is 32.0 Å². The number of benzene rings is 1. The highest BCUT2D eigenvalue weighted by atomic mass is 32.2. The quantitative estimate of drug-likeness (QED) is 0.492. The van der Waals surface area contributed by atoms with Crippen molar-refractivity contribution in [3.8, 4) is 0 Å². The number of methoxy groups -OCH3 is 1. The van der Waals surface area contributed by atoms with Gasteiger partial charge in [0.2, 0.25) is 0 Å². The number of nitrogens with zero attached hydrogens (tertiary/aromatic N) is 2. The number of aromatic nitrogens is 2. The van der Waals surface area contributed by atoms with Crippen molar-refractivity contribution >= 4 is 33.3 Å². The molecule has 0 N–H and O–H groups in total. The number of hydrogen-bond donors (Lipinski definition) is 0. The maximum absolute atomic E-state index is 13.0. The number of thiophene rings is 1. The molecule has 0 saturated carbocycles. The highest BCUT2D eigenvalue weighted by Crippen LogP contribution is 2.29. The minimum absolute atomic E-state index is 0.0365. The van der Waals surface area contributed by atoms with E-state index in [9.17, 15) is 4.79 Å². The van der Waals surface area contributed by atoms with E-state index >= 15 is 0 Å². The van der Waals surface area contributed by atoms with Gasteiger partial charge in [0.1, 0.15) is 4.83 Å². The zero-order valence-electron chi connectivity index (χ0n) is 14.0. The van der Waals surface area contributed by atoms with Crippen molar-refractivity contribution in [2.75, 3.05) is 13.7 Å². The monoisotopic (exact) mass is 360 g/mol. The fourth-order valence-electron chi connectivity index (χ4n) is 2.52. The SMILES string of the molecule is COCCn1c(SCc2ccccc2)nc2sc(C)c(C)c2c1=O. The van der Waals surface area contributed by atoms with Crippen LogP contribution in [0.15, 0.2) is 40.3 Å². The third-order valence-electron chi connectivity index (χ3n) is 3.98. The van der Waals surface area contributed by atoms with E-state index in [4.69, 9.17) is 9.72 Å². The molecule has 2 heterocycles. The van der Waals surface area contributed by atoms with Crippen LogP contribution >= 0.6 is 23.1 Å². The number of ether oxygens (including phenoxy) is 1. The largest absolute Gasteiger partial charge is 0.383 e. The summed E-state index contributed by atoms with van der Waals surface area (Å²) >= 11 is 3.19. The molecule has 0 aliphatic heterocycles. The molecule has 0 radical (unpaired) electrons. The predicted octanol–water partition coefficient (Wildman–Crippen LogP) is 4.01. The summed E-state index contributed by atoms with van der Waals surface area (Å²) in [5, 5.41) is 1.51. The lowest BCUT2D eigenvalue weighted by Crippen LogP contribution is -2.25. The normalized spacial score (nSPS) is 11.3. The Hall–Kier alpha value is -1.63. The van der Waals surface area contributed by atoms with Gasteiger partial charge in [-0.15, -0.1) is 11.3 Å². The van der Waals surface area contributed by atoms with E-state index in [0.29, 0.717) is 13.2 Å². The lowest BCUT2D eigenvalue weighted by molar-refractivity contribution is 0.183. The van der Waals surface area contributed by atoms with E-state index in [-0.39, 0.29) is 5.56 Å². The lowest BCUT2D eigenvalue weighted by atomic mass is 10.2. The van der Waals surface area contributed by atoms with Crippen molar-refractivity contribution in [1.29, 1.82) is 0 Å². The highest BCUT2D eigenvalue weighted by molar-refractivity contribution is 7.98. The Morgan fingerprint density at radius 1 is 1.25 bits per heavy atom. The maximum atomic E-state index is 13.0. The molecule has 0 atom stereocenters. The number of fused-ring (bicyclic) bond motifs is 1. The van der Waals surface area contributed by atoms with Crippen LogP contribution in [0.3, 0.4) is 0 Å². The molecule has 3 rings (SSSR count). The molecule has 3 aromatic rings. The van der Waals surface area contributed by atoms with Crippen LogP contribution in [-0.2, 0) is 17.0 Å². The molecule has 0 spiro atoms. The fraction of sp³-hybridized carbons (Fsp3) is 0.333. The molecular weight excluding hydrogens is 340 g/mol. The third kappa shape index (κ3) is 3.41. The van der Waals surface area contributed by atoms with Crippen LogP contribution in [0, 0.1) is 13.8 Å². The van der Waals surface area contributed by atoms with Crippen molar-refractivity contribution in [2.24, 2.45) is 0 Å². The van der Waals surface area contributed by atoms with Crippen LogP contribution in [0.1, 0.15) is 16.0 Å². The van der Waals surface area contributed by atoms with E-state index in [0.717, 1.165) is 31.6 Å². The summed E-state index contributed by atoms with van der Waals surface area (Å²) in [4.78, 5) is 19.7. The first-order chi connectivity index (χ1) is 11.6. The van der Waals surface area contributed by atoms with E-state index in [1.54, 1.807) is 34.8 Å². The molecule has 2 aromatic heterocycles. The van der Waals surface area contributed by atoms with Crippen LogP contribution in [0.2, 0.25) is 0 Å². The predicted molar refractivity (Wildman–Crippen MR) is 101 cm³/mol. The second-order valence-electron chi connectivity index (χ2n) is 5.58. The average molecular weight is 361 g/mol. The Bertz CT molecular complexity index is 901. The summed E-state index contributed by atoms with van der Waals surface area (Å²) in [7, 11) is 1.65. The van der Waals surface area contributed by atoms with E-state index in [2.05, 4.69) is 12.1 Å². The minimum atomic E-state index is 0.0365. The number of rotatable bonds is 6. The van der Waals surface area contributed by atoms with E-state index in [1.165, 1.54) is 5.56 Å². The van der Waals surface area contributed by atoms with Crippen LogP contribution in [0.4, 0.5) is 0 Å². The molecule has 0 aliphatic rings. The minimum Gasteiger partial charge on any atom is -0.383 e. The molecule has 6 heteroatoms.